The number of oxazole rings is 1. The Morgan fingerprint density at radius 3 is 3.00 bits per heavy atom. The fraction of sp³-hybridized carbons (Fsp3) is 0.200. The van der Waals surface area contributed by atoms with E-state index in [4.69, 9.17) is 16.0 Å². The van der Waals surface area contributed by atoms with Gasteiger partial charge in [0.1, 0.15) is 0 Å². The van der Waals surface area contributed by atoms with Gasteiger partial charge in [-0.15, -0.1) is 0 Å². The molecule has 0 aliphatic heterocycles. The monoisotopic (exact) mass is 240 g/mol. The number of rotatable bonds is 2. The van der Waals surface area contributed by atoms with Gasteiger partial charge in [-0.2, -0.15) is 0 Å². The summed E-state index contributed by atoms with van der Waals surface area (Å²) in [6.07, 6.45) is 0. The Balaban J connectivity index is 2.39. The lowest BCUT2D eigenvalue weighted by Crippen LogP contribution is -2.15. The van der Waals surface area contributed by atoms with E-state index >= 15 is 0 Å². The number of amides is 1. The summed E-state index contributed by atoms with van der Waals surface area (Å²) >= 11 is 5.16. The molecule has 1 N–H and O–H groups in total. The van der Waals surface area contributed by atoms with Gasteiger partial charge in [0.05, 0.1) is 5.52 Å². The van der Waals surface area contributed by atoms with E-state index in [-0.39, 0.29) is 0 Å². The van der Waals surface area contributed by atoms with Gasteiger partial charge < -0.3 is 9.73 Å². The molecular weight excluding hydrogens is 232 g/mol. The molecule has 0 bridgehead atoms. The van der Waals surface area contributed by atoms with Crippen LogP contribution in [0.15, 0.2) is 27.4 Å². The first-order valence-corrected chi connectivity index (χ1v) is 4.97. The second-order valence-corrected chi connectivity index (χ2v) is 3.70. The van der Waals surface area contributed by atoms with Crippen LogP contribution in [0.4, 0.5) is 4.79 Å². The van der Waals surface area contributed by atoms with Crippen molar-refractivity contribution in [3.05, 3.63) is 34.3 Å². The number of halogens is 1. The molecule has 2 aromatic rings. The van der Waals surface area contributed by atoms with E-state index in [0.717, 1.165) is 5.56 Å². The van der Waals surface area contributed by atoms with Crippen LogP contribution >= 0.6 is 11.6 Å². The highest BCUT2D eigenvalue weighted by Crippen LogP contribution is 2.14. The summed E-state index contributed by atoms with van der Waals surface area (Å²) in [5.41, 5.74) is 2.05. The van der Waals surface area contributed by atoms with Crippen LogP contribution in [-0.4, -0.2) is 9.93 Å². The minimum atomic E-state index is -0.610. The molecule has 5 nitrogen and oxygen atoms in total. The zero-order valence-electron chi connectivity index (χ0n) is 8.49. The fourth-order valence-electron chi connectivity index (χ4n) is 1.45. The van der Waals surface area contributed by atoms with Crippen molar-refractivity contribution >= 4 is 28.1 Å². The first-order chi connectivity index (χ1) is 7.58. The van der Waals surface area contributed by atoms with Gasteiger partial charge in [0.2, 0.25) is 0 Å². The summed E-state index contributed by atoms with van der Waals surface area (Å²) in [6, 6.07) is 5.22. The van der Waals surface area contributed by atoms with Gasteiger partial charge in [-0.3, -0.25) is 9.36 Å². The van der Waals surface area contributed by atoms with E-state index in [2.05, 4.69) is 5.32 Å². The van der Waals surface area contributed by atoms with Crippen molar-refractivity contribution in [1.29, 1.82) is 0 Å². The molecular formula is C10H9ClN2O3. The molecule has 2 rings (SSSR count). The van der Waals surface area contributed by atoms with E-state index in [1.165, 1.54) is 4.57 Å². The van der Waals surface area contributed by atoms with Crippen molar-refractivity contribution in [1.82, 2.24) is 9.88 Å². The summed E-state index contributed by atoms with van der Waals surface area (Å²) < 4.78 is 6.38. The molecule has 0 radical (unpaired) electrons. The third kappa shape index (κ3) is 1.94. The van der Waals surface area contributed by atoms with Crippen molar-refractivity contribution in [3.8, 4) is 0 Å². The second kappa shape index (κ2) is 4.02. The minimum absolute atomic E-state index is 0.317. The Hall–Kier alpha value is -1.75. The Morgan fingerprint density at radius 1 is 1.56 bits per heavy atom. The maximum atomic E-state index is 11.2. The lowest BCUT2D eigenvalue weighted by Gasteiger charge is -2.01. The number of hydrogen-bond donors (Lipinski definition) is 1. The molecule has 0 saturated carbocycles. The molecule has 1 heterocycles. The number of carbonyl (C=O) groups excluding carboxylic acids is 1. The Labute approximate surface area is 95.6 Å². The van der Waals surface area contributed by atoms with Gasteiger partial charge in [0, 0.05) is 13.6 Å². The van der Waals surface area contributed by atoms with Crippen LogP contribution in [0.2, 0.25) is 0 Å². The molecule has 0 fully saturated rings. The molecule has 1 aromatic carbocycles. The van der Waals surface area contributed by atoms with Gasteiger partial charge in [-0.25, -0.2) is 4.79 Å². The van der Waals surface area contributed by atoms with Crippen molar-refractivity contribution < 1.29 is 9.21 Å². The predicted molar refractivity (Wildman–Crippen MR) is 59.5 cm³/mol. The molecule has 1 aromatic heterocycles. The quantitative estimate of drug-likeness (QED) is 0.640. The largest absolute Gasteiger partial charge is 0.419 e. The number of carbonyl (C=O) groups is 1. The maximum absolute atomic E-state index is 11.2. The molecule has 0 spiro atoms. The van der Waals surface area contributed by atoms with E-state index < -0.39 is 11.1 Å². The lowest BCUT2D eigenvalue weighted by molar-refractivity contribution is 0.259. The number of aryl methyl sites for hydroxylation is 1. The van der Waals surface area contributed by atoms with Crippen LogP contribution in [0.5, 0.6) is 0 Å². The van der Waals surface area contributed by atoms with Crippen LogP contribution in [-0.2, 0) is 13.6 Å². The predicted octanol–water partition coefficient (Wildman–Crippen LogP) is 1.58. The number of aromatic nitrogens is 1. The van der Waals surface area contributed by atoms with Crippen LogP contribution < -0.4 is 11.1 Å². The second-order valence-electron chi connectivity index (χ2n) is 3.36. The average Bonchev–Trinajstić information content (AvgIpc) is 2.52. The summed E-state index contributed by atoms with van der Waals surface area (Å²) in [6.45, 7) is 0.317. The van der Waals surface area contributed by atoms with E-state index in [9.17, 15) is 9.59 Å². The van der Waals surface area contributed by atoms with Gasteiger partial charge in [-0.05, 0) is 29.3 Å². The smallest absolute Gasteiger partial charge is 0.408 e. The van der Waals surface area contributed by atoms with Crippen molar-refractivity contribution in [3.63, 3.8) is 0 Å². The molecule has 0 unspecified atom stereocenters. The van der Waals surface area contributed by atoms with E-state index in [0.29, 0.717) is 17.6 Å². The summed E-state index contributed by atoms with van der Waals surface area (Å²) in [5.74, 6) is -0.409. The molecule has 84 valence electrons. The molecule has 0 aliphatic carbocycles. The normalized spacial score (nSPS) is 10.6. The fourth-order valence-corrected chi connectivity index (χ4v) is 1.52. The maximum Gasteiger partial charge on any atom is 0.419 e. The minimum Gasteiger partial charge on any atom is -0.408 e. The topological polar surface area (TPSA) is 64.2 Å². The standard InChI is InChI=1S/C10H9ClN2O3/c1-13-7-4-6(5-12-9(11)14)2-3-8(7)16-10(13)15/h2-4H,5H2,1H3,(H,12,14). The third-order valence-electron chi connectivity index (χ3n) is 2.29. The first kappa shape index (κ1) is 10.8. The molecule has 6 heteroatoms. The summed E-state index contributed by atoms with van der Waals surface area (Å²) in [4.78, 5) is 21.8. The Morgan fingerprint density at radius 2 is 2.31 bits per heavy atom. The molecule has 0 saturated heterocycles. The number of nitrogens with zero attached hydrogens (tertiary/aromatic N) is 1. The average molecular weight is 241 g/mol. The highest BCUT2D eigenvalue weighted by atomic mass is 35.5. The highest BCUT2D eigenvalue weighted by molar-refractivity contribution is 6.62. The Bertz CT molecular complexity index is 600. The van der Waals surface area contributed by atoms with Crippen LogP contribution in [0.25, 0.3) is 11.1 Å². The zero-order valence-corrected chi connectivity index (χ0v) is 9.25. The van der Waals surface area contributed by atoms with Gasteiger partial charge >= 0.3 is 11.1 Å². The van der Waals surface area contributed by atoms with E-state index in [1.807, 2.05) is 0 Å². The van der Waals surface area contributed by atoms with Gasteiger partial charge in [0.25, 0.3) is 0 Å². The van der Waals surface area contributed by atoms with E-state index in [1.54, 1.807) is 25.2 Å². The van der Waals surface area contributed by atoms with Crippen LogP contribution in [0, 0.1) is 0 Å². The van der Waals surface area contributed by atoms with Crippen LogP contribution in [0.1, 0.15) is 5.56 Å². The third-order valence-corrected chi connectivity index (χ3v) is 2.42. The molecule has 1 amide bonds. The SMILES string of the molecule is Cn1c(=O)oc2ccc(CNC(=O)Cl)cc21. The van der Waals surface area contributed by atoms with Crippen LogP contribution in [0.3, 0.4) is 0 Å². The van der Waals surface area contributed by atoms with Crippen molar-refractivity contribution in [2.75, 3.05) is 0 Å². The molecule has 0 aliphatic rings. The number of nitrogens with one attached hydrogen (secondary N) is 1. The van der Waals surface area contributed by atoms with Crippen molar-refractivity contribution in [2.45, 2.75) is 6.54 Å². The molecule has 0 atom stereocenters. The summed E-state index contributed by atoms with van der Waals surface area (Å²) in [7, 11) is 1.62. The molecule has 16 heavy (non-hydrogen) atoms. The summed E-state index contributed by atoms with van der Waals surface area (Å²) in [5, 5.41) is 1.85. The van der Waals surface area contributed by atoms with Gasteiger partial charge in [-0.1, -0.05) is 6.07 Å². The zero-order chi connectivity index (χ0) is 11.7. The van der Waals surface area contributed by atoms with Gasteiger partial charge in [0.15, 0.2) is 5.58 Å². The Kier molecular flexibility index (Phi) is 2.70. The lowest BCUT2D eigenvalue weighted by atomic mass is 10.2. The first-order valence-electron chi connectivity index (χ1n) is 4.60. The number of fused-ring (bicyclic) bond motifs is 1. The number of benzene rings is 1. The number of hydrogen-bond acceptors (Lipinski definition) is 3. The van der Waals surface area contributed by atoms with Crippen molar-refractivity contribution in [2.24, 2.45) is 7.05 Å². The highest BCUT2D eigenvalue weighted by Gasteiger charge is 2.06.